The molecule has 1 fully saturated rings. The van der Waals surface area contributed by atoms with E-state index in [1.54, 1.807) is 0 Å². The van der Waals surface area contributed by atoms with Gasteiger partial charge in [0.25, 0.3) is 0 Å². The van der Waals surface area contributed by atoms with Crippen molar-refractivity contribution in [2.24, 2.45) is 0 Å². The predicted molar refractivity (Wildman–Crippen MR) is 89.1 cm³/mol. The topological polar surface area (TPSA) is 35.6 Å². The molecule has 116 valence electrons. The van der Waals surface area contributed by atoms with E-state index in [1.165, 1.54) is 6.42 Å². The zero-order chi connectivity index (χ0) is 15.2. The van der Waals surface area contributed by atoms with Crippen LogP contribution in [-0.4, -0.2) is 55.5 Å². The Morgan fingerprint density at radius 3 is 2.95 bits per heavy atom. The third kappa shape index (κ3) is 4.80. The Bertz CT molecular complexity index is 480. The van der Waals surface area contributed by atoms with Crippen molar-refractivity contribution >= 4 is 21.8 Å². The van der Waals surface area contributed by atoms with Crippen LogP contribution in [0.1, 0.15) is 18.4 Å². The molecule has 1 aliphatic heterocycles. The van der Waals surface area contributed by atoms with Crippen molar-refractivity contribution in [3.8, 4) is 0 Å². The molecule has 0 aliphatic carbocycles. The van der Waals surface area contributed by atoms with Gasteiger partial charge in [0.15, 0.2) is 0 Å². The van der Waals surface area contributed by atoms with Gasteiger partial charge in [0, 0.05) is 30.7 Å². The average Bonchev–Trinajstić information content (AvgIpc) is 2.49. The molecule has 1 atom stereocenters. The Kier molecular flexibility index (Phi) is 6.21. The van der Waals surface area contributed by atoms with Crippen LogP contribution in [0.15, 0.2) is 28.7 Å². The first-order valence-corrected chi connectivity index (χ1v) is 8.26. The van der Waals surface area contributed by atoms with Gasteiger partial charge >= 0.3 is 0 Å². The lowest BCUT2D eigenvalue weighted by Crippen LogP contribution is -2.48. The summed E-state index contributed by atoms with van der Waals surface area (Å²) in [7, 11) is 3.87. The van der Waals surface area contributed by atoms with Crippen LogP contribution in [0.2, 0.25) is 0 Å². The lowest BCUT2D eigenvalue weighted by molar-refractivity contribution is -0.132. The van der Waals surface area contributed by atoms with Crippen molar-refractivity contribution in [1.29, 1.82) is 0 Å². The van der Waals surface area contributed by atoms with E-state index in [0.717, 1.165) is 29.5 Å². The van der Waals surface area contributed by atoms with Crippen molar-refractivity contribution in [3.05, 3.63) is 34.3 Å². The van der Waals surface area contributed by atoms with Gasteiger partial charge in [0.05, 0.1) is 6.54 Å². The fraction of sp³-hybridized carbons (Fsp3) is 0.562. The van der Waals surface area contributed by atoms with Crippen molar-refractivity contribution in [3.63, 3.8) is 0 Å². The van der Waals surface area contributed by atoms with E-state index in [-0.39, 0.29) is 5.91 Å². The number of hydrogen-bond donors (Lipinski definition) is 1. The van der Waals surface area contributed by atoms with E-state index in [1.807, 2.05) is 43.3 Å². The van der Waals surface area contributed by atoms with Crippen LogP contribution >= 0.6 is 15.9 Å². The molecule has 1 amide bonds. The van der Waals surface area contributed by atoms with Crippen LogP contribution in [-0.2, 0) is 11.3 Å². The van der Waals surface area contributed by atoms with Crippen molar-refractivity contribution in [2.75, 3.05) is 33.7 Å². The van der Waals surface area contributed by atoms with E-state index >= 15 is 0 Å². The Morgan fingerprint density at radius 2 is 2.24 bits per heavy atom. The highest BCUT2D eigenvalue weighted by Gasteiger charge is 2.21. The zero-order valence-electron chi connectivity index (χ0n) is 12.8. The van der Waals surface area contributed by atoms with Gasteiger partial charge < -0.3 is 10.2 Å². The Morgan fingerprint density at radius 1 is 1.48 bits per heavy atom. The maximum absolute atomic E-state index is 12.4. The predicted octanol–water partition coefficient (Wildman–Crippen LogP) is 2.09. The normalized spacial score (nSPS) is 19.5. The Labute approximate surface area is 135 Å². The third-order valence-corrected chi connectivity index (χ3v) is 4.84. The van der Waals surface area contributed by atoms with Gasteiger partial charge in [-0.05, 0) is 38.1 Å². The summed E-state index contributed by atoms with van der Waals surface area (Å²) in [5, 5.41) is 3.31. The number of amides is 1. The van der Waals surface area contributed by atoms with Crippen molar-refractivity contribution < 1.29 is 4.79 Å². The minimum absolute atomic E-state index is 0.183. The first kappa shape index (κ1) is 16.5. The number of halogens is 1. The Hall–Kier alpha value is -0.910. The number of piperidine rings is 1. The fourth-order valence-corrected chi connectivity index (χ4v) is 3.13. The molecule has 21 heavy (non-hydrogen) atoms. The number of hydrogen-bond acceptors (Lipinski definition) is 3. The molecular weight excluding hydrogens is 330 g/mol. The summed E-state index contributed by atoms with van der Waals surface area (Å²) in [4.78, 5) is 16.4. The van der Waals surface area contributed by atoms with E-state index < -0.39 is 0 Å². The van der Waals surface area contributed by atoms with Crippen LogP contribution in [0.3, 0.4) is 0 Å². The van der Waals surface area contributed by atoms with Crippen LogP contribution in [0.5, 0.6) is 0 Å². The second kappa shape index (κ2) is 7.92. The van der Waals surface area contributed by atoms with Gasteiger partial charge in [0.1, 0.15) is 0 Å². The molecule has 1 saturated heterocycles. The second-order valence-electron chi connectivity index (χ2n) is 5.70. The average molecular weight is 354 g/mol. The molecule has 1 unspecified atom stereocenters. The van der Waals surface area contributed by atoms with Gasteiger partial charge in [-0.25, -0.2) is 0 Å². The molecule has 0 radical (unpaired) electrons. The Balaban J connectivity index is 1.86. The largest absolute Gasteiger partial charge is 0.340 e. The van der Waals surface area contributed by atoms with Crippen molar-refractivity contribution in [2.45, 2.75) is 25.4 Å². The quantitative estimate of drug-likeness (QED) is 0.880. The van der Waals surface area contributed by atoms with Gasteiger partial charge in [-0.15, -0.1) is 0 Å². The number of carbonyl (C=O) groups excluding carboxylic acids is 1. The number of likely N-dealkylation sites (tertiary alicyclic amines) is 1. The lowest BCUT2D eigenvalue weighted by Gasteiger charge is -2.33. The summed E-state index contributed by atoms with van der Waals surface area (Å²) in [6.45, 7) is 3.14. The summed E-state index contributed by atoms with van der Waals surface area (Å²) < 4.78 is 1.05. The summed E-state index contributed by atoms with van der Waals surface area (Å²) in [5.74, 6) is 0.183. The van der Waals surface area contributed by atoms with Gasteiger partial charge in [0.2, 0.25) is 5.91 Å². The van der Waals surface area contributed by atoms with E-state index in [2.05, 4.69) is 26.1 Å². The fourth-order valence-electron chi connectivity index (χ4n) is 2.72. The molecule has 1 N–H and O–H groups in total. The minimum Gasteiger partial charge on any atom is -0.340 e. The smallest absolute Gasteiger partial charge is 0.236 e. The summed E-state index contributed by atoms with van der Waals surface area (Å²) in [5.41, 5.74) is 1.14. The molecule has 1 aromatic carbocycles. The lowest BCUT2D eigenvalue weighted by atomic mass is 10.1. The second-order valence-corrected chi connectivity index (χ2v) is 6.56. The molecule has 0 spiro atoms. The highest BCUT2D eigenvalue weighted by atomic mass is 79.9. The van der Waals surface area contributed by atoms with Crippen molar-refractivity contribution in [1.82, 2.24) is 15.1 Å². The first-order chi connectivity index (χ1) is 10.1. The number of rotatable bonds is 5. The summed E-state index contributed by atoms with van der Waals surface area (Å²) >= 11 is 3.53. The molecule has 1 heterocycles. The zero-order valence-corrected chi connectivity index (χ0v) is 14.4. The minimum atomic E-state index is 0.183. The van der Waals surface area contributed by atoms with Crippen LogP contribution in [0.25, 0.3) is 0 Å². The highest BCUT2D eigenvalue weighted by Crippen LogP contribution is 2.17. The molecule has 1 aromatic rings. The monoisotopic (exact) mass is 353 g/mol. The maximum Gasteiger partial charge on any atom is 0.236 e. The number of nitrogens with one attached hydrogen (secondary N) is 1. The van der Waals surface area contributed by atoms with E-state index in [4.69, 9.17) is 0 Å². The van der Waals surface area contributed by atoms with Crippen LogP contribution < -0.4 is 5.32 Å². The standard InChI is InChI=1S/C16H24BrN3O/c1-18-14-7-5-9-20(11-14)12-16(21)19(2)10-13-6-3-4-8-15(13)17/h3-4,6,8,14,18H,5,7,9-12H2,1-2H3. The molecule has 0 saturated carbocycles. The molecule has 0 bridgehead atoms. The summed E-state index contributed by atoms with van der Waals surface area (Å²) in [6.07, 6.45) is 2.36. The summed E-state index contributed by atoms with van der Waals surface area (Å²) in [6, 6.07) is 8.56. The molecule has 0 aromatic heterocycles. The number of likely N-dealkylation sites (N-methyl/N-ethyl adjacent to an activating group) is 2. The van der Waals surface area contributed by atoms with E-state index in [9.17, 15) is 4.79 Å². The SMILES string of the molecule is CNC1CCCN(CC(=O)N(C)Cc2ccccc2Br)C1. The maximum atomic E-state index is 12.4. The van der Waals surface area contributed by atoms with Crippen LogP contribution in [0, 0.1) is 0 Å². The third-order valence-electron chi connectivity index (χ3n) is 4.06. The van der Waals surface area contributed by atoms with Gasteiger partial charge in [-0.1, -0.05) is 34.1 Å². The first-order valence-electron chi connectivity index (χ1n) is 7.47. The van der Waals surface area contributed by atoms with E-state index in [0.29, 0.717) is 19.1 Å². The molecule has 4 nitrogen and oxygen atoms in total. The molecule has 5 heteroatoms. The van der Waals surface area contributed by atoms with Gasteiger partial charge in [-0.3, -0.25) is 9.69 Å². The molecular formula is C16H24BrN3O. The number of benzene rings is 1. The number of nitrogens with zero attached hydrogens (tertiary/aromatic N) is 2. The van der Waals surface area contributed by atoms with Crippen LogP contribution in [0.4, 0.5) is 0 Å². The van der Waals surface area contributed by atoms with Gasteiger partial charge in [-0.2, -0.15) is 0 Å². The number of carbonyl (C=O) groups is 1. The molecule has 1 aliphatic rings. The molecule has 2 rings (SSSR count). The highest BCUT2D eigenvalue weighted by molar-refractivity contribution is 9.10.